The van der Waals surface area contributed by atoms with Gasteiger partial charge in [0, 0.05) is 25.4 Å². The standard InChI is InChI=1S/C22H22N4O7S/c23-22(30)33-16-6-3-14(4-7-16)5-8-19(28)25-11-9-17-20(25)18(27)13-26(17)34(31,32)21(29)15-2-1-10-24-12-15/h1-4,6-7,10,12,17,20H,5,8-9,11,13H2,(H2,23,30). The Bertz CT molecular complexity index is 1230. The first kappa shape index (κ1) is 23.5. The molecule has 0 radical (unpaired) electrons. The number of pyridine rings is 1. The molecule has 11 nitrogen and oxygen atoms in total. The van der Waals surface area contributed by atoms with E-state index in [0.717, 1.165) is 16.1 Å². The minimum atomic E-state index is -4.45. The van der Waals surface area contributed by atoms with Crippen molar-refractivity contribution in [3.8, 4) is 5.75 Å². The quantitative estimate of drug-likeness (QED) is 0.618. The number of carbonyl (C=O) groups excluding carboxylic acids is 4. The molecule has 12 heteroatoms. The number of hydrogen-bond donors (Lipinski definition) is 1. The largest absolute Gasteiger partial charge is 0.411 e. The number of aryl methyl sites for hydroxylation is 1. The molecule has 2 aliphatic heterocycles. The van der Waals surface area contributed by atoms with Gasteiger partial charge in [-0.1, -0.05) is 12.1 Å². The molecule has 4 rings (SSSR count). The average Bonchev–Trinajstić information content (AvgIpc) is 3.39. The van der Waals surface area contributed by atoms with Crippen LogP contribution in [-0.4, -0.2) is 70.7 Å². The van der Waals surface area contributed by atoms with Gasteiger partial charge in [-0.3, -0.25) is 19.4 Å². The first-order chi connectivity index (χ1) is 16.2. The van der Waals surface area contributed by atoms with E-state index in [1.807, 2.05) is 0 Å². The van der Waals surface area contributed by atoms with Crippen LogP contribution >= 0.6 is 0 Å². The Hall–Kier alpha value is -3.64. The van der Waals surface area contributed by atoms with E-state index in [9.17, 15) is 27.6 Å². The van der Waals surface area contributed by atoms with Crippen molar-refractivity contribution in [2.24, 2.45) is 5.73 Å². The van der Waals surface area contributed by atoms with Crippen LogP contribution in [0.3, 0.4) is 0 Å². The van der Waals surface area contributed by atoms with E-state index < -0.39 is 45.6 Å². The second kappa shape index (κ2) is 9.31. The fourth-order valence-electron chi connectivity index (χ4n) is 4.35. The molecule has 2 unspecified atom stereocenters. The number of likely N-dealkylation sites (tertiary alicyclic amines) is 1. The highest BCUT2D eigenvalue weighted by Crippen LogP contribution is 2.33. The summed E-state index contributed by atoms with van der Waals surface area (Å²) < 4.78 is 31.6. The number of hydrogen-bond acceptors (Lipinski definition) is 8. The maximum atomic E-state index is 13.0. The van der Waals surface area contributed by atoms with Gasteiger partial charge >= 0.3 is 6.09 Å². The minimum absolute atomic E-state index is 0.0865. The van der Waals surface area contributed by atoms with Gasteiger partial charge in [0.15, 0.2) is 5.78 Å². The van der Waals surface area contributed by atoms with E-state index in [1.165, 1.54) is 23.2 Å². The number of Topliss-reactive ketones (excluding diaryl/α,β-unsaturated/α-hetero) is 1. The summed E-state index contributed by atoms with van der Waals surface area (Å²) in [6.07, 6.45) is 2.40. The molecule has 0 spiro atoms. The van der Waals surface area contributed by atoms with Crippen LogP contribution in [0.4, 0.5) is 4.79 Å². The molecule has 2 aromatic rings. The molecule has 2 amide bonds. The molecule has 2 fully saturated rings. The first-order valence-electron chi connectivity index (χ1n) is 10.5. The second-order valence-corrected chi connectivity index (χ2v) is 9.79. The van der Waals surface area contributed by atoms with Gasteiger partial charge in [0.05, 0.1) is 18.2 Å². The number of amides is 2. The zero-order chi connectivity index (χ0) is 24.5. The molecular formula is C22H22N4O7S. The van der Waals surface area contributed by atoms with E-state index in [1.54, 1.807) is 24.3 Å². The van der Waals surface area contributed by atoms with Crippen LogP contribution in [0.15, 0.2) is 48.8 Å². The number of nitrogens with zero attached hydrogens (tertiary/aromatic N) is 3. The summed E-state index contributed by atoms with van der Waals surface area (Å²) in [6, 6.07) is 7.61. The van der Waals surface area contributed by atoms with Crippen molar-refractivity contribution in [2.45, 2.75) is 31.3 Å². The van der Waals surface area contributed by atoms with Gasteiger partial charge in [0.2, 0.25) is 5.91 Å². The molecule has 2 aliphatic rings. The molecule has 2 saturated heterocycles. The molecule has 2 atom stereocenters. The molecule has 1 aromatic heterocycles. The number of primary amides is 1. The van der Waals surface area contributed by atoms with E-state index in [0.29, 0.717) is 6.42 Å². The normalized spacial score (nSPS) is 20.2. The van der Waals surface area contributed by atoms with E-state index in [4.69, 9.17) is 10.5 Å². The summed E-state index contributed by atoms with van der Waals surface area (Å²) in [6.45, 7) is -0.229. The van der Waals surface area contributed by atoms with Crippen LogP contribution in [-0.2, 0) is 26.0 Å². The Kier molecular flexibility index (Phi) is 6.44. The van der Waals surface area contributed by atoms with Crippen molar-refractivity contribution < 1.29 is 32.3 Å². The van der Waals surface area contributed by atoms with Gasteiger partial charge in [-0.15, -0.1) is 0 Å². The molecule has 0 aliphatic carbocycles. The lowest BCUT2D eigenvalue weighted by Gasteiger charge is -2.23. The molecule has 1 aromatic carbocycles. The molecule has 3 heterocycles. The summed E-state index contributed by atoms with van der Waals surface area (Å²) in [4.78, 5) is 54.2. The minimum Gasteiger partial charge on any atom is -0.411 e. The molecule has 178 valence electrons. The molecule has 0 bridgehead atoms. The lowest BCUT2D eigenvalue weighted by molar-refractivity contribution is -0.136. The van der Waals surface area contributed by atoms with Crippen LogP contribution in [0.2, 0.25) is 0 Å². The smallest absolute Gasteiger partial charge is 0.409 e. The van der Waals surface area contributed by atoms with Crippen molar-refractivity contribution in [1.29, 1.82) is 0 Å². The van der Waals surface area contributed by atoms with Gasteiger partial charge in [-0.25, -0.2) is 13.2 Å². The van der Waals surface area contributed by atoms with E-state index in [2.05, 4.69) is 4.98 Å². The maximum Gasteiger partial charge on any atom is 0.409 e. The Balaban J connectivity index is 1.42. The molecule has 2 N–H and O–H groups in total. The van der Waals surface area contributed by atoms with Crippen LogP contribution in [0.5, 0.6) is 5.75 Å². The van der Waals surface area contributed by atoms with Crippen LogP contribution < -0.4 is 10.5 Å². The predicted molar refractivity (Wildman–Crippen MR) is 118 cm³/mol. The number of carbonyl (C=O) groups is 4. The Morgan fingerprint density at radius 3 is 2.53 bits per heavy atom. The number of fused-ring (bicyclic) bond motifs is 1. The van der Waals surface area contributed by atoms with Gasteiger partial charge in [0.25, 0.3) is 15.1 Å². The zero-order valence-corrected chi connectivity index (χ0v) is 18.8. The maximum absolute atomic E-state index is 13.0. The van der Waals surface area contributed by atoms with Crippen molar-refractivity contribution in [3.63, 3.8) is 0 Å². The van der Waals surface area contributed by atoms with Gasteiger partial charge in [-0.2, -0.15) is 4.31 Å². The summed E-state index contributed by atoms with van der Waals surface area (Å²) in [7, 11) is -4.45. The van der Waals surface area contributed by atoms with Crippen molar-refractivity contribution in [2.75, 3.05) is 13.1 Å². The third kappa shape index (κ3) is 4.54. The summed E-state index contributed by atoms with van der Waals surface area (Å²) in [5, 5.41) is -1.12. The number of aromatic nitrogens is 1. The van der Waals surface area contributed by atoms with Crippen LogP contribution in [0.1, 0.15) is 28.8 Å². The summed E-state index contributed by atoms with van der Waals surface area (Å²) in [5.41, 5.74) is 5.69. The lowest BCUT2D eigenvalue weighted by atomic mass is 10.1. The first-order valence-corrected chi connectivity index (χ1v) is 12.0. The zero-order valence-electron chi connectivity index (χ0n) is 18.0. The topological polar surface area (TPSA) is 157 Å². The van der Waals surface area contributed by atoms with E-state index in [-0.39, 0.29) is 36.6 Å². The third-order valence-electron chi connectivity index (χ3n) is 5.91. The van der Waals surface area contributed by atoms with Crippen molar-refractivity contribution >= 4 is 32.9 Å². The average molecular weight is 487 g/mol. The molecule has 0 saturated carbocycles. The summed E-state index contributed by atoms with van der Waals surface area (Å²) >= 11 is 0. The number of ketones is 1. The SMILES string of the molecule is NC(=O)Oc1ccc(CCC(=O)N2CCC3C2C(=O)CN3S(=O)(=O)C(=O)c2cccnc2)cc1. The predicted octanol–water partition coefficient (Wildman–Crippen LogP) is 0.496. The number of ether oxygens (including phenoxy) is 1. The van der Waals surface area contributed by atoms with Gasteiger partial charge in [-0.05, 0) is 42.7 Å². The number of rotatable bonds is 6. The Morgan fingerprint density at radius 2 is 1.88 bits per heavy atom. The highest BCUT2D eigenvalue weighted by Gasteiger charge is 2.54. The van der Waals surface area contributed by atoms with Crippen LogP contribution in [0.25, 0.3) is 0 Å². The van der Waals surface area contributed by atoms with Crippen molar-refractivity contribution in [1.82, 2.24) is 14.2 Å². The lowest BCUT2D eigenvalue weighted by Crippen LogP contribution is -2.44. The number of sulfonamides is 1. The molecule has 34 heavy (non-hydrogen) atoms. The van der Waals surface area contributed by atoms with Crippen LogP contribution in [0, 0.1) is 0 Å². The monoisotopic (exact) mass is 486 g/mol. The van der Waals surface area contributed by atoms with E-state index >= 15 is 0 Å². The fraction of sp³-hybridized carbons (Fsp3) is 0.318. The number of nitrogens with two attached hydrogens (primary N) is 1. The second-order valence-electron chi connectivity index (χ2n) is 8.00. The van der Waals surface area contributed by atoms with Gasteiger partial charge < -0.3 is 15.4 Å². The third-order valence-corrected chi connectivity index (χ3v) is 7.63. The molecular weight excluding hydrogens is 464 g/mol. The highest BCUT2D eigenvalue weighted by atomic mass is 32.2. The van der Waals surface area contributed by atoms with Crippen molar-refractivity contribution in [3.05, 3.63) is 59.9 Å². The Labute approximate surface area is 195 Å². The fourth-order valence-corrected chi connectivity index (χ4v) is 5.85. The highest BCUT2D eigenvalue weighted by molar-refractivity contribution is 8.04. The van der Waals surface area contributed by atoms with Gasteiger partial charge in [0.1, 0.15) is 11.8 Å². The Morgan fingerprint density at radius 1 is 1.15 bits per heavy atom. The number of benzene rings is 1. The summed E-state index contributed by atoms with van der Waals surface area (Å²) in [5.74, 6) is -0.411.